The molecule has 6 aromatic carbocycles. The number of halogens is 4. The fraction of sp³-hybridized carbons (Fsp3) is 0.193. The zero-order valence-electron chi connectivity index (χ0n) is 41.1. The van der Waals surface area contributed by atoms with Gasteiger partial charge in [-0.05, 0) is 100 Å². The zero-order valence-corrected chi connectivity index (χ0v) is 44.1. The van der Waals surface area contributed by atoms with Crippen molar-refractivity contribution in [3.8, 4) is 34.0 Å². The second kappa shape index (κ2) is 26.5. The Morgan fingerprint density at radius 1 is 0.514 bits per heavy atom. The van der Waals surface area contributed by atoms with Crippen molar-refractivity contribution in [2.75, 3.05) is 14.2 Å². The van der Waals surface area contributed by atoms with Crippen LogP contribution in [-0.2, 0) is 19.5 Å². The molecule has 0 radical (unpaired) electrons. The van der Waals surface area contributed by atoms with E-state index in [1.54, 1.807) is 26.6 Å². The number of hydrogen-bond donors (Lipinski definition) is 1. The minimum Gasteiger partial charge on any atom is -1.00 e. The SMILES string of the molecule is CC(C)c1ccc([NH3+])cc1Cn1cnc2ccccc21.COc1ccccc1-c1cc(Cc2ccc(C(C)C)c(Cn3cnc4ccccc43)c2)ncn1.COc1ccccc1-c1cc(Cl)ncn1.[Cl-].[Cl-].[Cl-]. The summed E-state index contributed by atoms with van der Waals surface area (Å²) in [5.74, 6) is 2.53. The normalized spacial score (nSPS) is 10.6. The number of para-hydroxylation sites is 6. The summed E-state index contributed by atoms with van der Waals surface area (Å²) in [6, 6.07) is 49.1. The fourth-order valence-corrected chi connectivity index (χ4v) is 8.66. The highest BCUT2D eigenvalue weighted by molar-refractivity contribution is 6.29. The number of nitrogens with zero attached hydrogens (tertiary/aromatic N) is 8. The molecular formula is C57H57Cl4N9O2-2. The van der Waals surface area contributed by atoms with Crippen LogP contribution in [0.1, 0.15) is 73.0 Å². The lowest BCUT2D eigenvalue weighted by Gasteiger charge is -2.16. The van der Waals surface area contributed by atoms with Gasteiger partial charge >= 0.3 is 0 Å². The summed E-state index contributed by atoms with van der Waals surface area (Å²) >= 11 is 5.80. The topological polar surface area (TPSA) is 133 Å². The first kappa shape index (κ1) is 56.1. The maximum absolute atomic E-state index is 5.80. The van der Waals surface area contributed by atoms with Gasteiger partial charge in [0.05, 0.1) is 60.3 Å². The molecule has 0 bridgehead atoms. The van der Waals surface area contributed by atoms with Crippen molar-refractivity contribution < 1.29 is 52.4 Å². The molecule has 11 nitrogen and oxygen atoms in total. The van der Waals surface area contributed by atoms with Gasteiger partial charge in [-0.3, -0.25) is 0 Å². The van der Waals surface area contributed by atoms with Crippen LogP contribution in [0.5, 0.6) is 11.5 Å². The second-order valence-electron chi connectivity index (χ2n) is 17.3. The predicted octanol–water partition coefficient (Wildman–Crippen LogP) is 3.16. The summed E-state index contributed by atoms with van der Waals surface area (Å²) in [7, 11) is 3.31. The van der Waals surface area contributed by atoms with Gasteiger partial charge in [-0.2, -0.15) is 0 Å². The smallest absolute Gasteiger partial charge is 0.133 e. The number of ether oxygens (including phenoxy) is 2. The highest BCUT2D eigenvalue weighted by atomic mass is 35.5. The Balaban J connectivity index is 0.000000216. The van der Waals surface area contributed by atoms with Crippen molar-refractivity contribution in [2.24, 2.45) is 0 Å². The first-order valence-corrected chi connectivity index (χ1v) is 23.4. The summed E-state index contributed by atoms with van der Waals surface area (Å²) in [6.45, 7) is 10.6. The molecule has 0 aliphatic heterocycles. The van der Waals surface area contributed by atoms with E-state index in [0.29, 0.717) is 17.0 Å². The van der Waals surface area contributed by atoms with Crippen LogP contribution in [0.25, 0.3) is 44.6 Å². The van der Waals surface area contributed by atoms with Gasteiger partial charge in [-0.25, -0.2) is 29.9 Å². The lowest BCUT2D eigenvalue weighted by molar-refractivity contribution is -0.254. The lowest BCUT2D eigenvalue weighted by Crippen LogP contribution is -3.00. The summed E-state index contributed by atoms with van der Waals surface area (Å²) in [4.78, 5) is 26.0. The number of imidazole rings is 2. The standard InChI is InChI=1S/C29H28N4O.C17H19N3.C11H9ClN2O.3ClH/c1-20(2)24-13-12-21(14-22(24)17-33-19-32-26-9-5-6-10-28(26)33)15-23-16-27(31-18-30-23)25-8-4-7-11-29(25)34-3;1-12(2)15-8-7-14(18)9-13(15)10-20-11-19-16-5-3-4-6-17(16)20;1-15-10-5-3-2-4-8(10)9-6-11(12)14-7-13-9;;;/h4-14,16,18-20H,15,17H2,1-3H3;3-9,11-12H,10,18H2,1-2H3;2-7H,1H3;3*1H/p-2. The molecule has 0 atom stereocenters. The van der Waals surface area contributed by atoms with Crippen molar-refractivity contribution in [3.63, 3.8) is 0 Å². The highest BCUT2D eigenvalue weighted by Gasteiger charge is 2.14. The first-order chi connectivity index (χ1) is 33.6. The molecule has 0 amide bonds. The largest absolute Gasteiger partial charge is 1.00 e. The molecule has 15 heteroatoms. The molecule has 4 heterocycles. The van der Waals surface area contributed by atoms with E-state index in [1.807, 2.05) is 79.4 Å². The molecule has 0 saturated carbocycles. The highest BCUT2D eigenvalue weighted by Crippen LogP contribution is 2.31. The van der Waals surface area contributed by atoms with Gasteiger partial charge in [0.2, 0.25) is 0 Å². The van der Waals surface area contributed by atoms with Crippen LogP contribution < -0.4 is 52.4 Å². The van der Waals surface area contributed by atoms with Crippen LogP contribution in [0.3, 0.4) is 0 Å². The summed E-state index contributed by atoms with van der Waals surface area (Å²) < 4.78 is 15.2. The van der Waals surface area contributed by atoms with Crippen LogP contribution >= 0.6 is 11.6 Å². The Morgan fingerprint density at radius 3 is 1.51 bits per heavy atom. The van der Waals surface area contributed by atoms with Gasteiger partial charge in [0.1, 0.15) is 35.0 Å². The van der Waals surface area contributed by atoms with Crippen molar-refractivity contribution >= 4 is 39.4 Å². The van der Waals surface area contributed by atoms with Crippen LogP contribution in [0.2, 0.25) is 5.15 Å². The molecular weight excluding hydrogens is 984 g/mol. The predicted molar refractivity (Wildman–Crippen MR) is 277 cm³/mol. The Labute approximate surface area is 445 Å². The number of hydrogen-bond acceptors (Lipinski definition) is 8. The number of rotatable bonds is 12. The molecule has 0 unspecified atom stereocenters. The average Bonchev–Trinajstić information content (AvgIpc) is 3.98. The number of benzene rings is 6. The third-order valence-electron chi connectivity index (χ3n) is 11.9. The van der Waals surface area contributed by atoms with Crippen molar-refractivity contribution in [2.45, 2.75) is 59.0 Å². The summed E-state index contributed by atoms with van der Waals surface area (Å²) in [5, 5.41) is 0.422. The molecule has 0 fully saturated rings. The average molecular weight is 1040 g/mol. The number of aromatic nitrogens is 8. The molecule has 0 aliphatic carbocycles. The Hall–Kier alpha value is -6.86. The minimum absolute atomic E-state index is 0. The van der Waals surface area contributed by atoms with E-state index in [2.05, 4.69) is 145 Å². The van der Waals surface area contributed by atoms with Gasteiger partial charge in [0, 0.05) is 48.5 Å². The zero-order chi connectivity index (χ0) is 48.3. The van der Waals surface area contributed by atoms with Crippen molar-refractivity contribution in [1.82, 2.24) is 39.0 Å². The van der Waals surface area contributed by atoms with E-state index in [0.717, 1.165) is 81.5 Å². The van der Waals surface area contributed by atoms with Gasteiger partial charge in [0.15, 0.2) is 0 Å². The molecule has 10 rings (SSSR count). The molecule has 3 N–H and O–H groups in total. The van der Waals surface area contributed by atoms with Gasteiger partial charge in [0.25, 0.3) is 0 Å². The molecule has 0 aliphatic rings. The van der Waals surface area contributed by atoms with Crippen LogP contribution in [0.15, 0.2) is 171 Å². The monoisotopic (exact) mass is 1040 g/mol. The van der Waals surface area contributed by atoms with Gasteiger partial charge in [-0.15, -0.1) is 0 Å². The second-order valence-corrected chi connectivity index (χ2v) is 17.7. The molecule has 372 valence electrons. The van der Waals surface area contributed by atoms with Gasteiger partial charge < -0.3 is 61.6 Å². The first-order valence-electron chi connectivity index (χ1n) is 23.0. The van der Waals surface area contributed by atoms with Crippen LogP contribution in [-0.4, -0.2) is 53.3 Å². The minimum atomic E-state index is 0. The molecule has 0 saturated heterocycles. The van der Waals surface area contributed by atoms with E-state index in [9.17, 15) is 0 Å². The van der Waals surface area contributed by atoms with Crippen LogP contribution in [0.4, 0.5) is 5.69 Å². The Bertz CT molecular complexity index is 3320. The maximum atomic E-state index is 5.80. The summed E-state index contributed by atoms with van der Waals surface area (Å²) in [5.41, 5.74) is 20.6. The maximum Gasteiger partial charge on any atom is 0.133 e. The molecule has 4 aromatic heterocycles. The van der Waals surface area contributed by atoms with Gasteiger partial charge in [-0.1, -0.05) is 112 Å². The van der Waals surface area contributed by atoms with E-state index >= 15 is 0 Å². The fourth-order valence-electron chi connectivity index (χ4n) is 8.51. The van der Waals surface area contributed by atoms with Crippen molar-refractivity contribution in [1.29, 1.82) is 0 Å². The van der Waals surface area contributed by atoms with E-state index < -0.39 is 0 Å². The third kappa shape index (κ3) is 13.8. The number of quaternary nitrogens is 1. The lowest BCUT2D eigenvalue weighted by atomic mass is 9.93. The Kier molecular flexibility index (Phi) is 20.7. The number of fused-ring (bicyclic) bond motifs is 2. The Morgan fingerprint density at radius 2 is 0.986 bits per heavy atom. The molecule has 0 spiro atoms. The van der Waals surface area contributed by atoms with Crippen LogP contribution in [0, 0.1) is 0 Å². The van der Waals surface area contributed by atoms with Crippen molar-refractivity contribution in [3.05, 3.63) is 210 Å². The van der Waals surface area contributed by atoms with E-state index in [4.69, 9.17) is 21.1 Å². The number of methoxy groups -OCH3 is 2. The quantitative estimate of drug-likeness (QED) is 0.185. The van der Waals surface area contributed by atoms with E-state index in [1.165, 1.54) is 39.7 Å². The summed E-state index contributed by atoms with van der Waals surface area (Å²) in [6.07, 6.45) is 7.67. The molecule has 10 aromatic rings. The van der Waals surface area contributed by atoms with E-state index in [-0.39, 0.29) is 37.2 Å². The molecule has 72 heavy (non-hydrogen) atoms. The third-order valence-corrected chi connectivity index (χ3v) is 12.1.